The highest BCUT2D eigenvalue weighted by atomic mass is 35.5. The van der Waals surface area contributed by atoms with Gasteiger partial charge in [0.2, 0.25) is 0 Å². The molecule has 2 heterocycles. The van der Waals surface area contributed by atoms with E-state index in [-0.39, 0.29) is 17.6 Å². The van der Waals surface area contributed by atoms with Crippen molar-refractivity contribution in [3.05, 3.63) is 71.4 Å². The number of rotatable bonds is 3. The molecular weight excluding hydrogens is 388 g/mol. The molecule has 144 valence electrons. The number of phenolic OH excluding ortho intramolecular Hbond substituents is 1. The number of fused-ring (bicyclic) bond motifs is 4. The number of amides is 1. The average Bonchev–Trinajstić information content (AvgIpc) is 3.35. The van der Waals surface area contributed by atoms with Crippen LogP contribution in [0, 0.1) is 0 Å². The minimum absolute atomic E-state index is 0.0315. The predicted molar refractivity (Wildman–Crippen MR) is 114 cm³/mol. The zero-order valence-corrected chi connectivity index (χ0v) is 16.1. The first kappa shape index (κ1) is 17.8. The fourth-order valence-electron chi connectivity index (χ4n) is 4.28. The van der Waals surface area contributed by atoms with Crippen LogP contribution in [0.15, 0.2) is 54.6 Å². The number of nitrogens with one attached hydrogen (secondary N) is 1. The van der Waals surface area contributed by atoms with Gasteiger partial charge >= 0.3 is 0 Å². The van der Waals surface area contributed by atoms with E-state index in [2.05, 4.69) is 4.98 Å². The number of aldehydes is 1. The van der Waals surface area contributed by atoms with Gasteiger partial charge in [-0.1, -0.05) is 36.4 Å². The second kappa shape index (κ2) is 6.64. The van der Waals surface area contributed by atoms with Gasteiger partial charge < -0.3 is 15.0 Å². The Morgan fingerprint density at radius 3 is 2.72 bits per heavy atom. The first-order valence-electron chi connectivity index (χ1n) is 9.31. The summed E-state index contributed by atoms with van der Waals surface area (Å²) >= 11 is 6.25. The number of nitrogens with zero attached hydrogens (tertiary/aromatic N) is 1. The summed E-state index contributed by atoms with van der Waals surface area (Å²) in [4.78, 5) is 29.4. The van der Waals surface area contributed by atoms with Gasteiger partial charge in [-0.2, -0.15) is 0 Å². The van der Waals surface area contributed by atoms with Crippen molar-refractivity contribution in [1.82, 2.24) is 4.98 Å². The van der Waals surface area contributed by atoms with E-state index in [9.17, 15) is 14.7 Å². The summed E-state index contributed by atoms with van der Waals surface area (Å²) in [6.45, 7) is 0.432. The van der Waals surface area contributed by atoms with Gasteiger partial charge in [0.25, 0.3) is 5.91 Å². The summed E-state index contributed by atoms with van der Waals surface area (Å²) in [7, 11) is 0. The van der Waals surface area contributed by atoms with Crippen LogP contribution in [-0.2, 0) is 0 Å². The number of carbonyl (C=O) groups is 2. The Bertz CT molecular complexity index is 1290. The molecule has 0 spiro atoms. The fraction of sp³-hybridized carbons (Fsp3) is 0.130. The highest BCUT2D eigenvalue weighted by molar-refractivity contribution is 6.19. The molecule has 0 unspecified atom stereocenters. The van der Waals surface area contributed by atoms with Crippen molar-refractivity contribution < 1.29 is 14.7 Å². The van der Waals surface area contributed by atoms with E-state index >= 15 is 0 Å². The normalized spacial score (nSPS) is 15.8. The van der Waals surface area contributed by atoms with E-state index in [0.29, 0.717) is 34.9 Å². The van der Waals surface area contributed by atoms with Gasteiger partial charge in [-0.05, 0) is 23.1 Å². The molecule has 1 aliphatic heterocycles. The lowest BCUT2D eigenvalue weighted by atomic mass is 9.95. The molecule has 0 bridgehead atoms. The van der Waals surface area contributed by atoms with Gasteiger partial charge in [-0.25, -0.2) is 0 Å². The number of H-pyrrole nitrogens is 1. The molecule has 0 saturated heterocycles. The second-order valence-corrected chi connectivity index (χ2v) is 7.56. The van der Waals surface area contributed by atoms with Crippen LogP contribution in [0.4, 0.5) is 5.69 Å². The summed E-state index contributed by atoms with van der Waals surface area (Å²) in [5.74, 6) is 0.248. The van der Waals surface area contributed by atoms with Crippen LogP contribution in [0.25, 0.3) is 21.7 Å². The van der Waals surface area contributed by atoms with Gasteiger partial charge in [0.05, 0.1) is 11.2 Å². The fourth-order valence-corrected chi connectivity index (χ4v) is 4.54. The monoisotopic (exact) mass is 404 g/mol. The SMILES string of the molecule is O=Cc1cccc2cc(C(=O)N3C[C@@H](CCl)c4c3cc(O)c3ccccc43)[nH]c12. The van der Waals surface area contributed by atoms with E-state index in [4.69, 9.17) is 11.6 Å². The summed E-state index contributed by atoms with van der Waals surface area (Å²) in [5, 5.41) is 13.0. The molecule has 5 rings (SSSR count). The van der Waals surface area contributed by atoms with Crippen LogP contribution < -0.4 is 4.90 Å². The van der Waals surface area contributed by atoms with Gasteiger partial charge in [-0.15, -0.1) is 11.6 Å². The summed E-state index contributed by atoms with van der Waals surface area (Å²) in [6, 6.07) is 16.3. The molecule has 4 aromatic rings. The Morgan fingerprint density at radius 2 is 1.97 bits per heavy atom. The van der Waals surface area contributed by atoms with Crippen molar-refractivity contribution in [1.29, 1.82) is 0 Å². The lowest BCUT2D eigenvalue weighted by Crippen LogP contribution is -2.30. The molecule has 1 amide bonds. The number of anilines is 1. The molecule has 0 saturated carbocycles. The van der Waals surface area contributed by atoms with Gasteiger partial charge in [-0.3, -0.25) is 9.59 Å². The smallest absolute Gasteiger partial charge is 0.274 e. The molecule has 2 N–H and O–H groups in total. The maximum Gasteiger partial charge on any atom is 0.274 e. The van der Waals surface area contributed by atoms with Crippen LogP contribution in [-0.4, -0.2) is 34.7 Å². The Hall–Kier alpha value is -3.31. The second-order valence-electron chi connectivity index (χ2n) is 7.25. The number of hydrogen-bond acceptors (Lipinski definition) is 3. The van der Waals surface area contributed by atoms with Gasteiger partial charge in [0.15, 0.2) is 6.29 Å². The third-order valence-corrected chi connectivity index (χ3v) is 5.99. The maximum atomic E-state index is 13.4. The van der Waals surface area contributed by atoms with Crippen molar-refractivity contribution in [3.63, 3.8) is 0 Å². The molecule has 3 aromatic carbocycles. The standard InChI is InChI=1S/C23H17ClN2O3/c24-10-15-11-26(19-9-20(28)16-6-1-2-7-17(16)21(15)19)23(29)18-8-13-4-3-5-14(12-27)22(13)25-18/h1-9,12,15,25,28H,10-11H2/t15-/m1/s1. The maximum absolute atomic E-state index is 13.4. The zero-order valence-electron chi connectivity index (χ0n) is 15.4. The van der Waals surface area contributed by atoms with Crippen molar-refractivity contribution >= 4 is 51.2 Å². The Labute approximate surface area is 171 Å². The number of phenols is 1. The summed E-state index contributed by atoms with van der Waals surface area (Å²) in [6.07, 6.45) is 0.770. The number of alkyl halides is 1. The topological polar surface area (TPSA) is 73.4 Å². The van der Waals surface area contributed by atoms with Crippen LogP contribution in [0.2, 0.25) is 0 Å². The quantitative estimate of drug-likeness (QED) is 0.379. The third kappa shape index (κ3) is 2.62. The first-order valence-corrected chi connectivity index (χ1v) is 9.85. The molecule has 0 aliphatic carbocycles. The minimum Gasteiger partial charge on any atom is -0.507 e. The zero-order chi connectivity index (χ0) is 20.1. The van der Waals surface area contributed by atoms with Crippen molar-refractivity contribution in [2.45, 2.75) is 5.92 Å². The summed E-state index contributed by atoms with van der Waals surface area (Å²) < 4.78 is 0. The van der Waals surface area contributed by atoms with Crippen molar-refractivity contribution in [2.75, 3.05) is 17.3 Å². The van der Waals surface area contributed by atoms with Gasteiger partial charge in [0.1, 0.15) is 11.4 Å². The van der Waals surface area contributed by atoms with E-state index in [1.165, 1.54) is 0 Å². The Morgan fingerprint density at radius 1 is 1.17 bits per heavy atom. The number of aromatic amines is 1. The minimum atomic E-state index is -0.221. The van der Waals surface area contributed by atoms with Crippen molar-refractivity contribution in [3.8, 4) is 5.75 Å². The summed E-state index contributed by atoms with van der Waals surface area (Å²) in [5.41, 5.74) is 3.19. The largest absolute Gasteiger partial charge is 0.507 e. The van der Waals surface area contributed by atoms with E-state index < -0.39 is 0 Å². The third-order valence-electron chi connectivity index (χ3n) is 5.62. The molecule has 1 aliphatic rings. The molecule has 0 radical (unpaired) electrons. The number of halogens is 1. The number of carbonyl (C=O) groups excluding carboxylic acids is 2. The first-order chi connectivity index (χ1) is 14.1. The van der Waals surface area contributed by atoms with Gasteiger partial charge in [0, 0.05) is 40.7 Å². The van der Waals surface area contributed by atoms with E-state index in [1.807, 2.05) is 30.3 Å². The number of aromatic hydroxyl groups is 1. The van der Waals surface area contributed by atoms with Crippen LogP contribution in [0.5, 0.6) is 5.75 Å². The molecular formula is C23H17ClN2O3. The lowest BCUT2D eigenvalue weighted by Gasteiger charge is -2.17. The highest BCUT2D eigenvalue weighted by Gasteiger charge is 2.35. The lowest BCUT2D eigenvalue weighted by molar-refractivity contribution is 0.0984. The molecule has 1 aromatic heterocycles. The molecule has 0 fully saturated rings. The van der Waals surface area contributed by atoms with Crippen LogP contribution in [0.1, 0.15) is 32.3 Å². The highest BCUT2D eigenvalue weighted by Crippen LogP contribution is 2.45. The number of hydrogen-bond donors (Lipinski definition) is 2. The van der Waals surface area contributed by atoms with E-state index in [0.717, 1.165) is 28.0 Å². The number of aromatic nitrogens is 1. The van der Waals surface area contributed by atoms with Crippen molar-refractivity contribution in [2.24, 2.45) is 0 Å². The molecule has 5 nitrogen and oxygen atoms in total. The van der Waals surface area contributed by atoms with Crippen LogP contribution >= 0.6 is 11.6 Å². The Kier molecular flexibility index (Phi) is 4.07. The van der Waals surface area contributed by atoms with E-state index in [1.54, 1.807) is 29.2 Å². The van der Waals surface area contributed by atoms with Crippen LogP contribution in [0.3, 0.4) is 0 Å². The number of benzene rings is 3. The Balaban J connectivity index is 1.65. The number of para-hydroxylation sites is 1. The predicted octanol–water partition coefficient (Wildman–Crippen LogP) is 4.82. The molecule has 29 heavy (non-hydrogen) atoms. The molecule has 1 atom stereocenters. The molecule has 6 heteroatoms. The average molecular weight is 405 g/mol.